The fourth-order valence-electron chi connectivity index (χ4n) is 0.575. The third kappa shape index (κ3) is 4.67. The lowest BCUT2D eigenvalue weighted by Gasteiger charge is -2.13. The first-order valence-corrected chi connectivity index (χ1v) is 3.59. The number of aliphatic imine (C=N–C) groups is 1. The monoisotopic (exact) mass is 159 g/mol. The van der Waals surface area contributed by atoms with Crippen molar-refractivity contribution in [2.75, 3.05) is 6.61 Å². The van der Waals surface area contributed by atoms with Crippen molar-refractivity contribution >= 4 is 6.08 Å². The first-order valence-electron chi connectivity index (χ1n) is 3.59. The van der Waals surface area contributed by atoms with E-state index in [2.05, 4.69) is 4.99 Å². The van der Waals surface area contributed by atoms with Crippen LogP contribution in [0.3, 0.4) is 0 Å². The SMILES string of the molecule is CCCOC(N=C=O)C(C)O. The highest BCUT2D eigenvalue weighted by molar-refractivity contribution is 5.33. The van der Waals surface area contributed by atoms with E-state index in [1.54, 1.807) is 0 Å². The summed E-state index contributed by atoms with van der Waals surface area (Å²) in [5.41, 5.74) is 0. The quantitative estimate of drug-likeness (QED) is 0.468. The molecule has 0 bridgehead atoms. The molecule has 64 valence electrons. The van der Waals surface area contributed by atoms with Crippen molar-refractivity contribution in [3.8, 4) is 0 Å². The van der Waals surface area contributed by atoms with E-state index in [1.807, 2.05) is 6.92 Å². The Balaban J connectivity index is 3.79. The second-order valence-corrected chi connectivity index (χ2v) is 2.22. The molecule has 4 heteroatoms. The van der Waals surface area contributed by atoms with Crippen LogP contribution in [0.25, 0.3) is 0 Å². The van der Waals surface area contributed by atoms with Gasteiger partial charge in [-0.05, 0) is 13.3 Å². The highest BCUT2D eigenvalue weighted by Gasteiger charge is 2.12. The Morgan fingerprint density at radius 3 is 2.73 bits per heavy atom. The summed E-state index contributed by atoms with van der Waals surface area (Å²) in [7, 11) is 0. The van der Waals surface area contributed by atoms with Gasteiger partial charge in [0.2, 0.25) is 6.08 Å². The van der Waals surface area contributed by atoms with E-state index in [9.17, 15) is 4.79 Å². The summed E-state index contributed by atoms with van der Waals surface area (Å²) in [6, 6.07) is 0. The lowest BCUT2D eigenvalue weighted by molar-refractivity contribution is -0.0233. The molecule has 0 amide bonds. The van der Waals surface area contributed by atoms with E-state index in [4.69, 9.17) is 9.84 Å². The van der Waals surface area contributed by atoms with Crippen LogP contribution in [0.1, 0.15) is 20.3 Å². The van der Waals surface area contributed by atoms with Gasteiger partial charge in [0.05, 0.1) is 6.10 Å². The molecule has 2 atom stereocenters. The summed E-state index contributed by atoms with van der Waals surface area (Å²) in [5.74, 6) is 0. The van der Waals surface area contributed by atoms with Gasteiger partial charge >= 0.3 is 0 Å². The zero-order valence-electron chi connectivity index (χ0n) is 6.78. The maximum atomic E-state index is 9.80. The Morgan fingerprint density at radius 2 is 2.36 bits per heavy atom. The molecular formula is C7H13NO3. The molecule has 11 heavy (non-hydrogen) atoms. The molecule has 1 N–H and O–H groups in total. The van der Waals surface area contributed by atoms with E-state index in [-0.39, 0.29) is 0 Å². The minimum absolute atomic E-state index is 0.487. The van der Waals surface area contributed by atoms with Crippen LogP contribution in [-0.4, -0.2) is 30.1 Å². The molecule has 0 saturated carbocycles. The Bertz CT molecular complexity index is 141. The van der Waals surface area contributed by atoms with Gasteiger partial charge in [-0.2, -0.15) is 4.99 Å². The van der Waals surface area contributed by atoms with Gasteiger partial charge in [-0.1, -0.05) is 6.92 Å². The molecule has 0 fully saturated rings. The van der Waals surface area contributed by atoms with E-state index in [0.717, 1.165) is 6.42 Å². The van der Waals surface area contributed by atoms with Gasteiger partial charge in [0.15, 0.2) is 6.23 Å². The zero-order chi connectivity index (χ0) is 8.69. The van der Waals surface area contributed by atoms with E-state index >= 15 is 0 Å². The Labute approximate surface area is 65.9 Å². The smallest absolute Gasteiger partial charge is 0.237 e. The van der Waals surface area contributed by atoms with Crippen LogP contribution in [0.2, 0.25) is 0 Å². The number of ether oxygens (including phenoxy) is 1. The minimum atomic E-state index is -0.761. The van der Waals surface area contributed by atoms with Crippen molar-refractivity contribution in [3.05, 3.63) is 0 Å². The molecule has 0 aliphatic rings. The zero-order valence-corrected chi connectivity index (χ0v) is 6.78. The summed E-state index contributed by atoms with van der Waals surface area (Å²) in [6.45, 7) is 3.94. The largest absolute Gasteiger partial charge is 0.389 e. The molecular weight excluding hydrogens is 146 g/mol. The predicted molar refractivity (Wildman–Crippen MR) is 39.8 cm³/mol. The molecule has 0 aromatic carbocycles. The van der Waals surface area contributed by atoms with Gasteiger partial charge in [-0.15, -0.1) is 0 Å². The molecule has 0 aromatic rings. The summed E-state index contributed by atoms with van der Waals surface area (Å²) >= 11 is 0. The molecule has 4 nitrogen and oxygen atoms in total. The molecule has 0 heterocycles. The summed E-state index contributed by atoms with van der Waals surface area (Å²) < 4.78 is 5.01. The topological polar surface area (TPSA) is 58.9 Å². The van der Waals surface area contributed by atoms with Crippen molar-refractivity contribution in [2.45, 2.75) is 32.6 Å². The van der Waals surface area contributed by atoms with Crippen LogP contribution in [-0.2, 0) is 9.53 Å². The summed E-state index contributed by atoms with van der Waals surface area (Å²) in [6.07, 6.45) is 0.661. The average molecular weight is 159 g/mol. The average Bonchev–Trinajstić information content (AvgIpc) is 1.97. The molecule has 0 aliphatic carbocycles. The number of carbonyl (C=O) groups excluding carboxylic acids is 1. The molecule has 2 unspecified atom stereocenters. The van der Waals surface area contributed by atoms with Crippen LogP contribution in [0, 0.1) is 0 Å². The maximum Gasteiger partial charge on any atom is 0.237 e. The second kappa shape index (κ2) is 6.04. The first kappa shape index (κ1) is 10.3. The van der Waals surface area contributed by atoms with Crippen molar-refractivity contribution < 1.29 is 14.6 Å². The Hall–Kier alpha value is -0.700. The number of hydrogen-bond acceptors (Lipinski definition) is 4. The van der Waals surface area contributed by atoms with Crippen molar-refractivity contribution in [2.24, 2.45) is 4.99 Å². The fourth-order valence-corrected chi connectivity index (χ4v) is 0.575. The third-order valence-corrected chi connectivity index (χ3v) is 1.09. The number of aliphatic hydroxyl groups excluding tert-OH is 1. The number of hydrogen-bond donors (Lipinski definition) is 1. The fraction of sp³-hybridized carbons (Fsp3) is 0.857. The number of rotatable bonds is 5. The molecule has 0 rings (SSSR count). The van der Waals surface area contributed by atoms with Crippen molar-refractivity contribution in [1.82, 2.24) is 0 Å². The number of aliphatic hydroxyl groups is 1. The van der Waals surface area contributed by atoms with E-state index < -0.39 is 12.3 Å². The Kier molecular flexibility index (Phi) is 5.65. The lowest BCUT2D eigenvalue weighted by Crippen LogP contribution is -2.24. The minimum Gasteiger partial charge on any atom is -0.389 e. The molecule has 0 aromatic heterocycles. The number of isocyanates is 1. The van der Waals surface area contributed by atoms with Gasteiger partial charge in [0.1, 0.15) is 0 Å². The van der Waals surface area contributed by atoms with Crippen molar-refractivity contribution in [3.63, 3.8) is 0 Å². The van der Waals surface area contributed by atoms with Gasteiger partial charge in [0, 0.05) is 6.61 Å². The third-order valence-electron chi connectivity index (χ3n) is 1.09. The predicted octanol–water partition coefficient (Wildman–Crippen LogP) is 0.456. The van der Waals surface area contributed by atoms with Crippen LogP contribution in [0.4, 0.5) is 0 Å². The van der Waals surface area contributed by atoms with Gasteiger partial charge in [-0.25, -0.2) is 4.79 Å². The number of nitrogens with zero attached hydrogens (tertiary/aromatic N) is 1. The van der Waals surface area contributed by atoms with E-state index in [1.165, 1.54) is 13.0 Å². The van der Waals surface area contributed by atoms with Crippen LogP contribution in [0.5, 0.6) is 0 Å². The van der Waals surface area contributed by atoms with Gasteiger partial charge in [0.25, 0.3) is 0 Å². The summed E-state index contributed by atoms with van der Waals surface area (Å²) in [4.78, 5) is 13.1. The highest BCUT2D eigenvalue weighted by Crippen LogP contribution is 2.00. The maximum absolute atomic E-state index is 9.80. The highest BCUT2D eigenvalue weighted by atomic mass is 16.5. The van der Waals surface area contributed by atoms with Gasteiger partial charge < -0.3 is 9.84 Å². The first-order chi connectivity index (χ1) is 5.22. The molecule has 0 aliphatic heterocycles. The molecule has 0 spiro atoms. The Morgan fingerprint density at radius 1 is 1.73 bits per heavy atom. The molecule has 0 radical (unpaired) electrons. The van der Waals surface area contributed by atoms with Gasteiger partial charge in [-0.3, -0.25) is 0 Å². The second-order valence-electron chi connectivity index (χ2n) is 2.22. The molecule has 0 saturated heterocycles. The summed E-state index contributed by atoms with van der Waals surface area (Å²) in [5, 5.41) is 8.97. The normalized spacial score (nSPS) is 15.2. The van der Waals surface area contributed by atoms with Crippen molar-refractivity contribution in [1.29, 1.82) is 0 Å². The van der Waals surface area contributed by atoms with Crippen LogP contribution in [0.15, 0.2) is 4.99 Å². The lowest BCUT2D eigenvalue weighted by atomic mass is 10.3. The van der Waals surface area contributed by atoms with Crippen LogP contribution >= 0.6 is 0 Å². The standard InChI is InChI=1S/C7H13NO3/c1-3-4-11-7(6(2)10)8-5-9/h6-7,10H,3-4H2,1-2H3. The van der Waals surface area contributed by atoms with E-state index in [0.29, 0.717) is 6.61 Å². The van der Waals surface area contributed by atoms with Crippen LogP contribution < -0.4 is 0 Å².